The average Bonchev–Trinajstić information content (AvgIpc) is 3.37. The number of likely N-dealkylation sites (tertiary alicyclic amines) is 1. The van der Waals surface area contributed by atoms with E-state index in [2.05, 4.69) is 97.8 Å². The molecular formula is C38H49NO4. The van der Waals surface area contributed by atoms with E-state index in [9.17, 15) is 4.79 Å². The number of piperidine rings is 1. The summed E-state index contributed by atoms with van der Waals surface area (Å²) < 4.78 is 18.5. The third-order valence-electron chi connectivity index (χ3n) is 9.51. The van der Waals surface area contributed by atoms with E-state index in [4.69, 9.17) is 14.2 Å². The van der Waals surface area contributed by atoms with E-state index in [1.165, 1.54) is 11.1 Å². The number of nitrogens with zero attached hydrogens (tertiary/aromatic N) is 1. The Balaban J connectivity index is 1.05. The van der Waals surface area contributed by atoms with E-state index in [1.54, 1.807) is 7.11 Å². The molecule has 5 rings (SSSR count). The molecule has 5 atom stereocenters. The molecule has 2 aliphatic carbocycles. The van der Waals surface area contributed by atoms with Gasteiger partial charge in [0.05, 0.1) is 7.11 Å². The highest BCUT2D eigenvalue weighted by Crippen LogP contribution is 2.62. The van der Waals surface area contributed by atoms with Gasteiger partial charge in [-0.3, -0.25) is 4.79 Å². The SMILES string of the molecule is CC/C=C\C/C=C\C/C=C\C/C=C\C/C=C\CCCC(=O)O[C@H]1C=C[C@H]2[C@H]3Cc4ccc(OC)c5c4[C@@]2(CCN3C)[C@H]1O5. The van der Waals surface area contributed by atoms with Crippen LogP contribution in [0, 0.1) is 5.92 Å². The number of hydrogen-bond donors (Lipinski definition) is 0. The first-order chi connectivity index (χ1) is 21.1. The van der Waals surface area contributed by atoms with E-state index in [-0.39, 0.29) is 23.6 Å². The van der Waals surface area contributed by atoms with Gasteiger partial charge in [0.1, 0.15) is 6.10 Å². The largest absolute Gasteiger partial charge is 0.493 e. The minimum atomic E-state index is -0.385. The Hall–Kier alpha value is -3.31. The molecule has 4 aliphatic rings. The van der Waals surface area contributed by atoms with Crippen LogP contribution in [0.15, 0.2) is 85.0 Å². The molecule has 43 heavy (non-hydrogen) atoms. The van der Waals surface area contributed by atoms with Gasteiger partial charge in [-0.1, -0.05) is 79.8 Å². The number of hydrogen-bond acceptors (Lipinski definition) is 5. The molecule has 1 spiro atoms. The minimum absolute atomic E-state index is 0.149. The lowest BCUT2D eigenvalue weighted by atomic mass is 9.53. The molecule has 0 unspecified atom stereocenters. The van der Waals surface area contributed by atoms with Gasteiger partial charge < -0.3 is 19.1 Å². The Kier molecular flexibility index (Phi) is 10.8. The molecule has 0 aromatic heterocycles. The average molecular weight is 584 g/mol. The summed E-state index contributed by atoms with van der Waals surface area (Å²) in [7, 11) is 3.93. The molecule has 0 N–H and O–H groups in total. The highest BCUT2D eigenvalue weighted by Gasteiger charge is 2.65. The number of allylic oxidation sites excluding steroid dienone is 10. The van der Waals surface area contributed by atoms with Crippen molar-refractivity contribution in [3.63, 3.8) is 0 Å². The van der Waals surface area contributed by atoms with E-state index in [1.807, 2.05) is 6.07 Å². The standard InChI is InChI=1S/C38H49NO4/c1-4-5-6-7-8-9-10-11-12-13-14-15-16-17-18-19-20-21-34(40)42-33-25-23-30-31-28-29-22-24-32(41-3)36-35(29)38(30,37(33)43-36)26-27-39(31)2/h5-6,8-9,11-12,14-15,17-18,22-25,30-31,33,37H,4,7,10,13,16,19-21,26-28H2,1-3H3/b6-5-,9-8-,12-11-,15-14-,18-17-/t30-,31+,33-,37-,38-/m0/s1. The fraction of sp³-hybridized carbons (Fsp3) is 0.500. The van der Waals surface area contributed by atoms with Crippen LogP contribution in [-0.2, 0) is 21.4 Å². The summed E-state index contributed by atoms with van der Waals surface area (Å²) in [4.78, 5) is 15.4. The zero-order valence-corrected chi connectivity index (χ0v) is 26.3. The number of esters is 1. The lowest BCUT2D eigenvalue weighted by molar-refractivity contribution is -0.155. The van der Waals surface area contributed by atoms with Crippen molar-refractivity contribution < 1.29 is 19.0 Å². The van der Waals surface area contributed by atoms with Crippen molar-refractivity contribution in [2.24, 2.45) is 5.92 Å². The van der Waals surface area contributed by atoms with Crippen molar-refractivity contribution in [1.82, 2.24) is 4.90 Å². The number of rotatable bonds is 15. The van der Waals surface area contributed by atoms with Gasteiger partial charge in [-0.2, -0.15) is 0 Å². The molecule has 1 fully saturated rings. The van der Waals surface area contributed by atoms with Gasteiger partial charge in [0.2, 0.25) is 0 Å². The van der Waals surface area contributed by atoms with Crippen LogP contribution in [0.4, 0.5) is 0 Å². The van der Waals surface area contributed by atoms with Gasteiger partial charge in [0.25, 0.3) is 0 Å². The van der Waals surface area contributed by atoms with Gasteiger partial charge in [-0.25, -0.2) is 0 Å². The fourth-order valence-corrected chi connectivity index (χ4v) is 7.41. The van der Waals surface area contributed by atoms with Crippen molar-refractivity contribution in [3.05, 3.63) is 96.2 Å². The summed E-state index contributed by atoms with van der Waals surface area (Å²) in [5, 5.41) is 0. The number of carbonyl (C=O) groups excluding carboxylic acids is 1. The van der Waals surface area contributed by atoms with E-state index < -0.39 is 0 Å². The maximum Gasteiger partial charge on any atom is 0.306 e. The number of methoxy groups -OCH3 is 1. The van der Waals surface area contributed by atoms with E-state index in [0.717, 1.165) is 75.8 Å². The van der Waals surface area contributed by atoms with Crippen LogP contribution in [-0.4, -0.2) is 49.8 Å². The maximum absolute atomic E-state index is 12.9. The predicted molar refractivity (Wildman–Crippen MR) is 175 cm³/mol. The molecule has 2 bridgehead atoms. The Morgan fingerprint density at radius 1 is 0.977 bits per heavy atom. The normalized spacial score (nSPS) is 27.6. The molecule has 1 saturated heterocycles. The molecule has 0 saturated carbocycles. The number of carbonyl (C=O) groups is 1. The lowest BCUT2D eigenvalue weighted by Crippen LogP contribution is -2.65. The lowest BCUT2D eigenvalue weighted by Gasteiger charge is -2.56. The van der Waals surface area contributed by atoms with Crippen LogP contribution in [0.3, 0.4) is 0 Å². The molecular weight excluding hydrogens is 534 g/mol. The number of benzene rings is 1. The summed E-state index contributed by atoms with van der Waals surface area (Å²) in [6, 6.07) is 4.67. The molecule has 2 heterocycles. The Morgan fingerprint density at radius 2 is 1.65 bits per heavy atom. The second-order valence-corrected chi connectivity index (χ2v) is 12.2. The summed E-state index contributed by atoms with van der Waals surface area (Å²) in [5.41, 5.74) is 2.49. The highest BCUT2D eigenvalue weighted by atomic mass is 16.6. The molecule has 230 valence electrons. The van der Waals surface area contributed by atoms with E-state index >= 15 is 0 Å². The Bertz CT molecular complexity index is 1290. The Morgan fingerprint density at radius 3 is 2.33 bits per heavy atom. The number of ether oxygens (including phenoxy) is 3. The zero-order chi connectivity index (χ0) is 30.1. The van der Waals surface area contributed by atoms with Gasteiger partial charge in [0.15, 0.2) is 17.6 Å². The minimum Gasteiger partial charge on any atom is -0.493 e. The smallest absolute Gasteiger partial charge is 0.306 e. The molecule has 1 aromatic carbocycles. The van der Waals surface area contributed by atoms with Crippen LogP contribution in [0.5, 0.6) is 11.5 Å². The van der Waals surface area contributed by atoms with Crippen LogP contribution in [0.1, 0.15) is 75.8 Å². The third kappa shape index (κ3) is 6.77. The van der Waals surface area contributed by atoms with Crippen molar-refractivity contribution in [1.29, 1.82) is 0 Å². The zero-order valence-electron chi connectivity index (χ0n) is 26.3. The monoisotopic (exact) mass is 583 g/mol. The predicted octanol–water partition coefficient (Wildman–Crippen LogP) is 7.97. The van der Waals surface area contributed by atoms with Gasteiger partial charge in [-0.15, -0.1) is 0 Å². The number of likely N-dealkylation sites (N-methyl/N-ethyl adjacent to an activating group) is 1. The highest BCUT2D eigenvalue weighted by molar-refractivity contribution is 5.70. The summed E-state index contributed by atoms with van der Waals surface area (Å²) in [6.45, 7) is 3.17. The van der Waals surface area contributed by atoms with Crippen molar-refractivity contribution >= 4 is 5.97 Å². The van der Waals surface area contributed by atoms with Gasteiger partial charge in [-0.05, 0) is 89.1 Å². The first-order valence-electron chi connectivity index (χ1n) is 16.3. The van der Waals surface area contributed by atoms with Crippen molar-refractivity contribution in [2.45, 2.75) is 94.8 Å². The summed E-state index contributed by atoms with van der Waals surface area (Å²) in [5.74, 6) is 1.84. The van der Waals surface area contributed by atoms with E-state index in [0.29, 0.717) is 18.4 Å². The topological polar surface area (TPSA) is 48.0 Å². The van der Waals surface area contributed by atoms with Crippen LogP contribution >= 0.6 is 0 Å². The molecule has 0 amide bonds. The van der Waals surface area contributed by atoms with Crippen molar-refractivity contribution in [2.75, 3.05) is 20.7 Å². The first kappa shape index (κ1) is 31.1. The quantitative estimate of drug-likeness (QED) is 0.119. The van der Waals surface area contributed by atoms with Gasteiger partial charge >= 0.3 is 5.97 Å². The third-order valence-corrected chi connectivity index (χ3v) is 9.51. The van der Waals surface area contributed by atoms with Gasteiger partial charge in [0, 0.05) is 29.4 Å². The second-order valence-electron chi connectivity index (χ2n) is 12.2. The number of unbranched alkanes of at least 4 members (excludes halogenated alkanes) is 1. The van der Waals surface area contributed by atoms with Crippen molar-refractivity contribution in [3.8, 4) is 11.5 Å². The second kappa shape index (κ2) is 14.9. The van der Waals surface area contributed by atoms with Crippen LogP contribution in [0.2, 0.25) is 0 Å². The maximum atomic E-state index is 12.9. The van der Waals surface area contributed by atoms with Crippen LogP contribution in [0.25, 0.3) is 0 Å². The molecule has 1 aromatic rings. The fourth-order valence-electron chi connectivity index (χ4n) is 7.41. The Labute approximate surface area is 258 Å². The first-order valence-corrected chi connectivity index (χ1v) is 16.3. The molecule has 5 nitrogen and oxygen atoms in total. The molecule has 5 heteroatoms. The summed E-state index contributed by atoms with van der Waals surface area (Å²) >= 11 is 0. The molecule has 0 radical (unpaired) electrons. The summed E-state index contributed by atoms with van der Waals surface area (Å²) in [6.07, 6.45) is 34.9. The van der Waals surface area contributed by atoms with Crippen LogP contribution < -0.4 is 9.47 Å². The molecule has 2 aliphatic heterocycles.